The summed E-state index contributed by atoms with van der Waals surface area (Å²) < 4.78 is 10.6. The summed E-state index contributed by atoms with van der Waals surface area (Å²) in [4.78, 5) is 25.0. The molecule has 1 fully saturated rings. The second kappa shape index (κ2) is 6.43. The number of piperidine rings is 1. The lowest BCUT2D eigenvalue weighted by molar-refractivity contribution is -0.156. The fourth-order valence-electron chi connectivity index (χ4n) is 2.16. The molecule has 0 aromatic carbocycles. The SMILES string of the molecule is CCOCC1(C(=O)O)CCN(C(=O)OC(C)(C)C)CC1. The molecule has 116 valence electrons. The predicted octanol–water partition coefficient (Wildman–Crippen LogP) is 2.12. The molecule has 1 amide bonds. The van der Waals surface area contributed by atoms with Crippen molar-refractivity contribution < 1.29 is 24.2 Å². The minimum absolute atomic E-state index is 0.195. The van der Waals surface area contributed by atoms with E-state index in [1.807, 2.05) is 27.7 Å². The first-order chi connectivity index (χ1) is 9.20. The topological polar surface area (TPSA) is 76.1 Å². The number of nitrogens with zero attached hydrogens (tertiary/aromatic N) is 1. The van der Waals surface area contributed by atoms with Crippen molar-refractivity contribution in [2.24, 2.45) is 5.41 Å². The van der Waals surface area contributed by atoms with Crippen LogP contribution in [0.5, 0.6) is 0 Å². The average Bonchev–Trinajstić information content (AvgIpc) is 2.34. The van der Waals surface area contributed by atoms with E-state index < -0.39 is 17.0 Å². The fourth-order valence-corrected chi connectivity index (χ4v) is 2.16. The highest BCUT2D eigenvalue weighted by atomic mass is 16.6. The minimum atomic E-state index is -0.880. The lowest BCUT2D eigenvalue weighted by atomic mass is 9.79. The second-order valence-electron chi connectivity index (χ2n) is 6.19. The number of aliphatic carboxylic acids is 1. The third-order valence-electron chi connectivity index (χ3n) is 3.41. The van der Waals surface area contributed by atoms with Crippen LogP contribution in [0.25, 0.3) is 0 Å². The smallest absolute Gasteiger partial charge is 0.410 e. The van der Waals surface area contributed by atoms with E-state index in [0.717, 1.165) is 0 Å². The van der Waals surface area contributed by atoms with E-state index in [9.17, 15) is 14.7 Å². The van der Waals surface area contributed by atoms with E-state index in [4.69, 9.17) is 9.47 Å². The quantitative estimate of drug-likeness (QED) is 0.857. The molecule has 0 atom stereocenters. The summed E-state index contributed by atoms with van der Waals surface area (Å²) in [6.45, 7) is 8.72. The molecule has 0 saturated carbocycles. The maximum atomic E-state index is 11.9. The van der Waals surface area contributed by atoms with Gasteiger partial charge in [-0.2, -0.15) is 0 Å². The maximum Gasteiger partial charge on any atom is 0.410 e. The number of carbonyl (C=O) groups is 2. The Morgan fingerprint density at radius 3 is 2.20 bits per heavy atom. The van der Waals surface area contributed by atoms with Gasteiger partial charge in [0.15, 0.2) is 0 Å². The van der Waals surface area contributed by atoms with Crippen molar-refractivity contribution in [3.05, 3.63) is 0 Å². The number of hydrogen-bond acceptors (Lipinski definition) is 4. The molecule has 6 heteroatoms. The molecule has 1 heterocycles. The molecule has 0 bridgehead atoms. The Morgan fingerprint density at radius 1 is 1.25 bits per heavy atom. The lowest BCUT2D eigenvalue weighted by Gasteiger charge is -2.38. The Morgan fingerprint density at radius 2 is 1.80 bits per heavy atom. The molecule has 1 saturated heterocycles. The highest BCUT2D eigenvalue weighted by molar-refractivity contribution is 5.76. The first kappa shape index (κ1) is 16.8. The van der Waals surface area contributed by atoms with Gasteiger partial charge in [-0.15, -0.1) is 0 Å². The Hall–Kier alpha value is -1.30. The van der Waals surface area contributed by atoms with Crippen molar-refractivity contribution in [1.29, 1.82) is 0 Å². The van der Waals surface area contributed by atoms with Gasteiger partial charge < -0.3 is 19.5 Å². The molecule has 20 heavy (non-hydrogen) atoms. The number of hydrogen-bond donors (Lipinski definition) is 1. The molecular weight excluding hydrogens is 262 g/mol. The van der Waals surface area contributed by atoms with Gasteiger partial charge in [-0.25, -0.2) is 4.79 Å². The van der Waals surface area contributed by atoms with Gasteiger partial charge in [0.2, 0.25) is 0 Å². The predicted molar refractivity (Wildman–Crippen MR) is 73.6 cm³/mol. The fraction of sp³-hybridized carbons (Fsp3) is 0.857. The number of rotatable bonds is 4. The van der Waals surface area contributed by atoms with Crippen LogP contribution in [0.15, 0.2) is 0 Å². The monoisotopic (exact) mass is 287 g/mol. The molecule has 0 unspecified atom stereocenters. The number of carboxylic acid groups (broad SMARTS) is 1. The van der Waals surface area contributed by atoms with Gasteiger partial charge in [0.05, 0.1) is 12.0 Å². The summed E-state index contributed by atoms with van der Waals surface area (Å²) in [5.74, 6) is -0.852. The summed E-state index contributed by atoms with van der Waals surface area (Å²) in [6, 6.07) is 0. The van der Waals surface area contributed by atoms with Crippen molar-refractivity contribution in [2.75, 3.05) is 26.3 Å². The van der Waals surface area contributed by atoms with Crippen molar-refractivity contribution in [3.8, 4) is 0 Å². The molecule has 0 spiro atoms. The maximum absolute atomic E-state index is 11.9. The molecule has 6 nitrogen and oxygen atoms in total. The average molecular weight is 287 g/mol. The highest BCUT2D eigenvalue weighted by Crippen LogP contribution is 2.32. The molecule has 1 N–H and O–H groups in total. The van der Waals surface area contributed by atoms with Crippen molar-refractivity contribution in [1.82, 2.24) is 4.90 Å². The number of ether oxygens (including phenoxy) is 2. The minimum Gasteiger partial charge on any atom is -0.481 e. The van der Waals surface area contributed by atoms with E-state index in [0.29, 0.717) is 32.5 Å². The Balaban J connectivity index is 2.60. The van der Waals surface area contributed by atoms with Crippen molar-refractivity contribution in [3.63, 3.8) is 0 Å². The van der Waals surface area contributed by atoms with Crippen LogP contribution in [0.1, 0.15) is 40.5 Å². The van der Waals surface area contributed by atoms with Crippen LogP contribution in [0.4, 0.5) is 4.79 Å². The van der Waals surface area contributed by atoms with Gasteiger partial charge in [-0.3, -0.25) is 4.79 Å². The third-order valence-corrected chi connectivity index (χ3v) is 3.41. The largest absolute Gasteiger partial charge is 0.481 e. The van der Waals surface area contributed by atoms with Gasteiger partial charge in [0.25, 0.3) is 0 Å². The third kappa shape index (κ3) is 4.37. The van der Waals surface area contributed by atoms with Crippen LogP contribution >= 0.6 is 0 Å². The molecule has 0 aromatic rings. The van der Waals surface area contributed by atoms with E-state index in [-0.39, 0.29) is 12.7 Å². The molecule has 1 rings (SSSR count). The Kier molecular flexibility index (Phi) is 5.39. The summed E-state index contributed by atoms with van der Waals surface area (Å²) in [6.07, 6.45) is 0.399. The van der Waals surface area contributed by atoms with Crippen LogP contribution in [0, 0.1) is 5.41 Å². The second-order valence-corrected chi connectivity index (χ2v) is 6.19. The highest BCUT2D eigenvalue weighted by Gasteiger charge is 2.43. The molecule has 0 aromatic heterocycles. The van der Waals surface area contributed by atoms with Gasteiger partial charge >= 0.3 is 12.1 Å². The molecular formula is C14H25NO5. The normalized spacial score (nSPS) is 18.7. The zero-order chi connectivity index (χ0) is 15.4. The Labute approximate surface area is 120 Å². The molecule has 0 radical (unpaired) electrons. The summed E-state index contributed by atoms with van der Waals surface area (Å²) in [5, 5.41) is 9.41. The number of carbonyl (C=O) groups excluding carboxylic acids is 1. The van der Waals surface area contributed by atoms with Crippen LogP contribution in [-0.2, 0) is 14.3 Å². The zero-order valence-corrected chi connectivity index (χ0v) is 12.8. The number of likely N-dealkylation sites (tertiary alicyclic amines) is 1. The van der Waals surface area contributed by atoms with Crippen molar-refractivity contribution in [2.45, 2.75) is 46.1 Å². The number of carboxylic acids is 1. The Bertz CT molecular complexity index is 353. The van der Waals surface area contributed by atoms with Crippen LogP contribution in [0.3, 0.4) is 0 Å². The van der Waals surface area contributed by atoms with Gasteiger partial charge in [-0.1, -0.05) is 0 Å². The first-order valence-electron chi connectivity index (χ1n) is 6.99. The summed E-state index contributed by atoms with van der Waals surface area (Å²) in [5.41, 5.74) is -1.42. The van der Waals surface area contributed by atoms with Crippen LogP contribution < -0.4 is 0 Å². The first-order valence-corrected chi connectivity index (χ1v) is 6.99. The van der Waals surface area contributed by atoms with Crippen LogP contribution in [0.2, 0.25) is 0 Å². The summed E-state index contributed by atoms with van der Waals surface area (Å²) >= 11 is 0. The van der Waals surface area contributed by atoms with Crippen LogP contribution in [-0.4, -0.2) is 54.0 Å². The summed E-state index contributed by atoms with van der Waals surface area (Å²) in [7, 11) is 0. The molecule has 1 aliphatic rings. The number of amides is 1. The van der Waals surface area contributed by atoms with Gasteiger partial charge in [0.1, 0.15) is 5.60 Å². The van der Waals surface area contributed by atoms with E-state index in [1.54, 1.807) is 4.90 Å². The van der Waals surface area contributed by atoms with E-state index in [1.165, 1.54) is 0 Å². The zero-order valence-electron chi connectivity index (χ0n) is 12.8. The van der Waals surface area contributed by atoms with Crippen molar-refractivity contribution >= 4 is 12.1 Å². The molecule has 1 aliphatic heterocycles. The van der Waals surface area contributed by atoms with Gasteiger partial charge in [-0.05, 0) is 40.5 Å². The lowest BCUT2D eigenvalue weighted by Crippen LogP contribution is -2.49. The molecule has 0 aliphatic carbocycles. The standard InChI is InChI=1S/C14H25NO5/c1-5-19-10-14(11(16)17)6-8-15(9-7-14)12(18)20-13(2,3)4/h5-10H2,1-4H3,(H,16,17). The van der Waals surface area contributed by atoms with Gasteiger partial charge in [0, 0.05) is 19.7 Å². The van der Waals surface area contributed by atoms with E-state index >= 15 is 0 Å². The van der Waals surface area contributed by atoms with E-state index in [2.05, 4.69) is 0 Å².